The van der Waals surface area contributed by atoms with E-state index in [0.29, 0.717) is 24.6 Å². The van der Waals surface area contributed by atoms with Crippen molar-refractivity contribution in [1.29, 1.82) is 0 Å². The zero-order valence-electron chi connectivity index (χ0n) is 10.5. The van der Waals surface area contributed by atoms with Gasteiger partial charge in [-0.1, -0.05) is 41.1 Å². The van der Waals surface area contributed by atoms with Gasteiger partial charge in [0.05, 0.1) is 6.04 Å². The molecule has 0 aliphatic carbocycles. The average Bonchev–Trinajstić information content (AvgIpc) is 2.78. The Morgan fingerprint density at radius 1 is 1.50 bits per heavy atom. The minimum absolute atomic E-state index is 0.263. The number of aryl methyl sites for hydroxylation is 1. The van der Waals surface area contributed by atoms with Gasteiger partial charge in [-0.25, -0.2) is 0 Å². The molecule has 0 fully saturated rings. The fourth-order valence-electron chi connectivity index (χ4n) is 1.77. The third-order valence-corrected chi connectivity index (χ3v) is 2.67. The summed E-state index contributed by atoms with van der Waals surface area (Å²) in [5.74, 6) is 1.13. The molecule has 0 spiro atoms. The van der Waals surface area contributed by atoms with Gasteiger partial charge < -0.3 is 10.3 Å². The van der Waals surface area contributed by atoms with Crippen LogP contribution in [0.2, 0.25) is 0 Å². The summed E-state index contributed by atoms with van der Waals surface area (Å²) < 4.78 is 5.15. The Balaban J connectivity index is 2.09. The van der Waals surface area contributed by atoms with Crippen LogP contribution >= 0.6 is 0 Å². The first-order valence-corrected chi connectivity index (χ1v) is 5.93. The normalized spacial score (nSPS) is 12.3. The van der Waals surface area contributed by atoms with Crippen LogP contribution < -0.4 is 5.73 Å². The van der Waals surface area contributed by atoms with Crippen molar-refractivity contribution in [1.82, 2.24) is 10.1 Å². The van der Waals surface area contributed by atoms with Crippen molar-refractivity contribution in [2.45, 2.75) is 25.8 Å². The SMILES string of the molecule is C=CCC(N)c1nc(Cc2cccc(C)c2)no1. The molecule has 0 radical (unpaired) electrons. The summed E-state index contributed by atoms with van der Waals surface area (Å²) >= 11 is 0. The first kappa shape index (κ1) is 12.5. The Hall–Kier alpha value is -1.94. The van der Waals surface area contributed by atoms with Crippen LogP contribution in [0.25, 0.3) is 0 Å². The fourth-order valence-corrected chi connectivity index (χ4v) is 1.77. The molecule has 1 heterocycles. The third kappa shape index (κ3) is 3.05. The molecule has 18 heavy (non-hydrogen) atoms. The highest BCUT2D eigenvalue weighted by Crippen LogP contribution is 2.14. The highest BCUT2D eigenvalue weighted by molar-refractivity contribution is 5.24. The smallest absolute Gasteiger partial charge is 0.243 e. The molecule has 0 saturated heterocycles. The Labute approximate surface area is 107 Å². The van der Waals surface area contributed by atoms with E-state index in [1.54, 1.807) is 6.08 Å². The van der Waals surface area contributed by atoms with Crippen LogP contribution in [0, 0.1) is 6.92 Å². The molecule has 0 amide bonds. The monoisotopic (exact) mass is 243 g/mol. The molecule has 2 N–H and O–H groups in total. The maximum absolute atomic E-state index is 5.87. The summed E-state index contributed by atoms with van der Waals surface area (Å²) in [5, 5.41) is 3.94. The molecular weight excluding hydrogens is 226 g/mol. The first-order chi connectivity index (χ1) is 8.69. The van der Waals surface area contributed by atoms with E-state index in [9.17, 15) is 0 Å². The van der Waals surface area contributed by atoms with Gasteiger partial charge in [0, 0.05) is 6.42 Å². The van der Waals surface area contributed by atoms with Crippen LogP contribution in [-0.4, -0.2) is 10.1 Å². The summed E-state index contributed by atoms with van der Waals surface area (Å²) in [6.45, 7) is 5.70. The maximum Gasteiger partial charge on any atom is 0.243 e. The topological polar surface area (TPSA) is 64.9 Å². The number of rotatable bonds is 5. The van der Waals surface area contributed by atoms with E-state index in [0.717, 1.165) is 0 Å². The zero-order chi connectivity index (χ0) is 13.0. The average molecular weight is 243 g/mol. The molecule has 1 aromatic heterocycles. The molecule has 1 atom stereocenters. The summed E-state index contributed by atoms with van der Waals surface area (Å²) in [5.41, 5.74) is 8.26. The molecule has 1 unspecified atom stereocenters. The number of nitrogens with zero attached hydrogens (tertiary/aromatic N) is 2. The Kier molecular flexibility index (Phi) is 3.89. The molecule has 2 rings (SSSR count). The van der Waals surface area contributed by atoms with Crippen molar-refractivity contribution in [3.8, 4) is 0 Å². The zero-order valence-corrected chi connectivity index (χ0v) is 10.5. The van der Waals surface area contributed by atoms with E-state index < -0.39 is 0 Å². The molecule has 0 saturated carbocycles. The van der Waals surface area contributed by atoms with Crippen molar-refractivity contribution in [3.05, 3.63) is 59.8 Å². The number of hydrogen-bond donors (Lipinski definition) is 1. The standard InChI is InChI=1S/C14H17N3O/c1-3-5-12(15)14-16-13(17-18-14)9-11-7-4-6-10(2)8-11/h3-4,6-8,12H,1,5,9,15H2,2H3. The maximum atomic E-state index is 5.87. The van der Waals surface area contributed by atoms with E-state index in [-0.39, 0.29) is 6.04 Å². The van der Waals surface area contributed by atoms with Crippen LogP contribution in [0.5, 0.6) is 0 Å². The highest BCUT2D eigenvalue weighted by atomic mass is 16.5. The van der Waals surface area contributed by atoms with Gasteiger partial charge in [0.25, 0.3) is 0 Å². The molecule has 4 heteroatoms. The quantitative estimate of drug-likeness (QED) is 0.819. The van der Waals surface area contributed by atoms with Crippen molar-refractivity contribution >= 4 is 0 Å². The second kappa shape index (κ2) is 5.60. The fraction of sp³-hybridized carbons (Fsp3) is 0.286. The summed E-state index contributed by atoms with van der Waals surface area (Å²) in [4.78, 5) is 4.30. The lowest BCUT2D eigenvalue weighted by Crippen LogP contribution is -2.09. The van der Waals surface area contributed by atoms with Crippen LogP contribution in [0.3, 0.4) is 0 Å². The number of benzene rings is 1. The lowest BCUT2D eigenvalue weighted by Gasteiger charge is -2.00. The van der Waals surface area contributed by atoms with Gasteiger partial charge >= 0.3 is 0 Å². The molecular formula is C14H17N3O. The number of nitrogens with two attached hydrogens (primary N) is 1. The van der Waals surface area contributed by atoms with Crippen molar-refractivity contribution in [2.75, 3.05) is 0 Å². The van der Waals surface area contributed by atoms with E-state index >= 15 is 0 Å². The second-order valence-electron chi connectivity index (χ2n) is 4.35. The Morgan fingerprint density at radius 2 is 2.33 bits per heavy atom. The molecule has 94 valence electrons. The van der Waals surface area contributed by atoms with Crippen LogP contribution in [0.15, 0.2) is 41.4 Å². The molecule has 0 aliphatic heterocycles. The summed E-state index contributed by atoms with van der Waals surface area (Å²) in [6, 6.07) is 7.98. The van der Waals surface area contributed by atoms with Crippen LogP contribution in [0.4, 0.5) is 0 Å². The van der Waals surface area contributed by atoms with Gasteiger partial charge in [-0.3, -0.25) is 0 Å². The van der Waals surface area contributed by atoms with Crippen LogP contribution in [0.1, 0.15) is 35.3 Å². The third-order valence-electron chi connectivity index (χ3n) is 2.67. The minimum atomic E-state index is -0.263. The lowest BCUT2D eigenvalue weighted by atomic mass is 10.1. The number of hydrogen-bond acceptors (Lipinski definition) is 4. The van der Waals surface area contributed by atoms with Gasteiger partial charge in [0.1, 0.15) is 0 Å². The van der Waals surface area contributed by atoms with Crippen molar-refractivity contribution in [2.24, 2.45) is 5.73 Å². The molecule has 4 nitrogen and oxygen atoms in total. The van der Waals surface area contributed by atoms with E-state index in [1.807, 2.05) is 12.1 Å². The molecule has 0 aliphatic rings. The predicted octanol–water partition coefficient (Wildman–Crippen LogP) is 2.54. The van der Waals surface area contributed by atoms with Crippen molar-refractivity contribution < 1.29 is 4.52 Å². The van der Waals surface area contributed by atoms with Gasteiger partial charge in [0.15, 0.2) is 5.82 Å². The largest absolute Gasteiger partial charge is 0.338 e. The lowest BCUT2D eigenvalue weighted by molar-refractivity contribution is 0.352. The first-order valence-electron chi connectivity index (χ1n) is 5.93. The van der Waals surface area contributed by atoms with Gasteiger partial charge in [-0.2, -0.15) is 4.98 Å². The molecule has 0 bridgehead atoms. The Bertz CT molecular complexity index is 533. The highest BCUT2D eigenvalue weighted by Gasteiger charge is 2.13. The van der Waals surface area contributed by atoms with E-state index in [4.69, 9.17) is 10.3 Å². The molecule has 2 aromatic rings. The predicted molar refractivity (Wildman–Crippen MR) is 70.0 cm³/mol. The Morgan fingerprint density at radius 3 is 3.06 bits per heavy atom. The minimum Gasteiger partial charge on any atom is -0.338 e. The van der Waals surface area contributed by atoms with Crippen LogP contribution in [-0.2, 0) is 6.42 Å². The van der Waals surface area contributed by atoms with Gasteiger partial charge in [-0.15, -0.1) is 6.58 Å². The van der Waals surface area contributed by atoms with E-state index in [2.05, 4.69) is 35.8 Å². The summed E-state index contributed by atoms with van der Waals surface area (Å²) in [7, 11) is 0. The van der Waals surface area contributed by atoms with Crippen molar-refractivity contribution in [3.63, 3.8) is 0 Å². The second-order valence-corrected chi connectivity index (χ2v) is 4.35. The van der Waals surface area contributed by atoms with Gasteiger partial charge in [-0.05, 0) is 18.9 Å². The summed E-state index contributed by atoms with van der Waals surface area (Å²) in [6.07, 6.45) is 3.03. The van der Waals surface area contributed by atoms with Gasteiger partial charge in [0.2, 0.25) is 5.89 Å². The molecule has 1 aromatic carbocycles. The number of aromatic nitrogens is 2. The van der Waals surface area contributed by atoms with E-state index in [1.165, 1.54) is 11.1 Å².